The molecular formula is C8H10AsNO6. The van der Waals surface area contributed by atoms with Crippen molar-refractivity contribution in [3.05, 3.63) is 30.3 Å². The van der Waals surface area contributed by atoms with Gasteiger partial charge in [-0.25, -0.2) is 0 Å². The van der Waals surface area contributed by atoms with Crippen molar-refractivity contribution >= 4 is 20.5 Å². The van der Waals surface area contributed by atoms with Crippen LogP contribution in [-0.2, 0) is 16.1 Å². The van der Waals surface area contributed by atoms with Crippen LogP contribution in [-0.4, -0.2) is 32.2 Å². The van der Waals surface area contributed by atoms with E-state index in [0.29, 0.717) is 0 Å². The van der Waals surface area contributed by atoms with Crippen LogP contribution in [0.5, 0.6) is 5.75 Å². The Kier molecular flexibility index (Phi) is 4.57. The topological polar surface area (TPSA) is 108 Å². The number of aliphatic hydroxyl groups excluding tert-OH is 1. The van der Waals surface area contributed by atoms with Gasteiger partial charge >= 0.3 is 94.0 Å². The first-order chi connectivity index (χ1) is 7.59. The van der Waals surface area contributed by atoms with E-state index in [1.165, 1.54) is 12.1 Å². The van der Waals surface area contributed by atoms with Crippen molar-refractivity contribution in [3.63, 3.8) is 0 Å². The summed E-state index contributed by atoms with van der Waals surface area (Å²) >= 11 is -4.89. The maximum absolute atomic E-state index is 11.7. The molecule has 0 saturated heterocycles. The van der Waals surface area contributed by atoms with Crippen LogP contribution in [0.3, 0.4) is 0 Å². The van der Waals surface area contributed by atoms with E-state index in [9.17, 15) is 8.53 Å². The van der Waals surface area contributed by atoms with Gasteiger partial charge in [0.1, 0.15) is 0 Å². The molecule has 0 aliphatic carbocycles. The first-order valence-corrected chi connectivity index (χ1v) is 7.22. The zero-order chi connectivity index (χ0) is 12.0. The van der Waals surface area contributed by atoms with E-state index < -0.39 is 27.1 Å². The maximum atomic E-state index is 11.7. The summed E-state index contributed by atoms with van der Waals surface area (Å²) in [5.41, 5.74) is 0. The van der Waals surface area contributed by atoms with Crippen LogP contribution in [0.1, 0.15) is 0 Å². The zero-order valence-electron chi connectivity index (χ0n) is 8.11. The zero-order valence-corrected chi connectivity index (χ0v) is 9.98. The van der Waals surface area contributed by atoms with Crippen molar-refractivity contribution in [3.8, 4) is 5.75 Å². The Morgan fingerprint density at radius 2 is 2.00 bits per heavy atom. The molecule has 3 N–H and O–H groups in total. The van der Waals surface area contributed by atoms with Gasteiger partial charge < -0.3 is 0 Å². The Labute approximate surface area is 94.4 Å². The molecule has 8 heteroatoms. The first-order valence-electron chi connectivity index (χ1n) is 4.16. The molecule has 0 amide bonds. The van der Waals surface area contributed by atoms with Gasteiger partial charge in [0, 0.05) is 0 Å². The summed E-state index contributed by atoms with van der Waals surface area (Å²) in [7, 11) is 0. The van der Waals surface area contributed by atoms with E-state index in [1.807, 2.05) is 0 Å². The summed E-state index contributed by atoms with van der Waals surface area (Å²) in [6.07, 6.45) is 0. The van der Waals surface area contributed by atoms with Gasteiger partial charge in [-0.05, 0) is 0 Å². The number of hydrogen-bond acceptors (Lipinski definition) is 7. The van der Waals surface area contributed by atoms with Crippen LogP contribution in [0.2, 0.25) is 0 Å². The summed E-state index contributed by atoms with van der Waals surface area (Å²) < 4.78 is 24.8. The van der Waals surface area contributed by atoms with Crippen molar-refractivity contribution in [2.75, 3.05) is 6.61 Å². The third kappa shape index (κ3) is 3.71. The van der Waals surface area contributed by atoms with Crippen molar-refractivity contribution in [1.29, 1.82) is 0 Å². The molecule has 1 unspecified atom stereocenters. The van der Waals surface area contributed by atoms with Gasteiger partial charge in [0.25, 0.3) is 0 Å². The average molecular weight is 291 g/mol. The second-order valence-corrected chi connectivity index (χ2v) is 5.66. The summed E-state index contributed by atoms with van der Waals surface area (Å²) in [6, 6.07) is 7.94. The number of hydrogen-bond donors (Lipinski definition) is 2. The van der Waals surface area contributed by atoms with Gasteiger partial charge in [0.05, 0.1) is 0 Å². The first kappa shape index (κ1) is 12.8. The Morgan fingerprint density at radius 1 is 1.38 bits per heavy atom. The molecule has 0 saturated carbocycles. The summed E-state index contributed by atoms with van der Waals surface area (Å²) in [5, 5.41) is 8.42. The van der Waals surface area contributed by atoms with E-state index in [1.54, 1.807) is 18.2 Å². The van der Waals surface area contributed by atoms with Gasteiger partial charge in [-0.1, -0.05) is 0 Å². The Morgan fingerprint density at radius 3 is 2.50 bits per heavy atom. The van der Waals surface area contributed by atoms with Gasteiger partial charge in [-0.15, -0.1) is 0 Å². The Bertz CT molecular complexity index is 395. The molecule has 0 aliphatic rings. The van der Waals surface area contributed by atoms with E-state index >= 15 is 0 Å². The number of carbonyl (C=O) groups is 1. The second-order valence-electron chi connectivity index (χ2n) is 2.58. The van der Waals surface area contributed by atoms with Gasteiger partial charge in [-0.2, -0.15) is 0 Å². The van der Waals surface area contributed by atoms with Crippen LogP contribution >= 0.6 is 0 Å². The van der Waals surface area contributed by atoms with E-state index in [4.69, 9.17) is 14.7 Å². The van der Waals surface area contributed by atoms with Crippen molar-refractivity contribution in [2.24, 2.45) is 5.90 Å². The number of para-hydroxylation sites is 1. The summed E-state index contributed by atoms with van der Waals surface area (Å²) in [5.74, 6) is 3.78. The quantitative estimate of drug-likeness (QED) is 0.548. The Hall–Kier alpha value is -1.27. The van der Waals surface area contributed by atoms with Gasteiger partial charge in [-0.3, -0.25) is 0 Å². The molecule has 1 aromatic carbocycles. The summed E-state index contributed by atoms with van der Waals surface area (Å²) in [4.78, 5) is 10.7. The molecule has 0 aromatic heterocycles. The molecule has 0 radical (unpaired) electrons. The minimum absolute atomic E-state index is 0.182. The monoisotopic (exact) mass is 291 g/mol. The standard InChI is InChI=1S/C8H10AsNO6/c10-16-9(13,15-8(12)6-11)14-7-4-2-1-3-5-7/h1-5,11H,6,10H2. The van der Waals surface area contributed by atoms with E-state index in [2.05, 4.69) is 7.55 Å². The molecule has 1 atom stereocenters. The molecule has 1 rings (SSSR count). The third-order valence-corrected chi connectivity index (χ3v) is 3.78. The fraction of sp³-hybridized carbons (Fsp3) is 0.125. The molecule has 0 fully saturated rings. The number of carbonyl (C=O) groups excluding carboxylic acids is 1. The predicted octanol–water partition coefficient (Wildman–Crippen LogP) is -0.643. The Balaban J connectivity index is 2.74. The summed E-state index contributed by atoms with van der Waals surface area (Å²) in [6.45, 7) is -0.938. The number of nitrogens with two attached hydrogens (primary N) is 1. The van der Waals surface area contributed by atoms with Crippen LogP contribution in [0.25, 0.3) is 0 Å². The number of benzene rings is 1. The normalized spacial score (nSPS) is 13.9. The number of aliphatic hydroxyl groups is 1. The van der Waals surface area contributed by atoms with Gasteiger partial charge in [0.2, 0.25) is 0 Å². The SMILES string of the molecule is NO[As](=O)(OC(=O)CO)Oc1ccccc1. The van der Waals surface area contributed by atoms with Crippen molar-refractivity contribution in [2.45, 2.75) is 0 Å². The van der Waals surface area contributed by atoms with Crippen molar-refractivity contribution in [1.82, 2.24) is 0 Å². The molecule has 7 nitrogen and oxygen atoms in total. The predicted molar refractivity (Wildman–Crippen MR) is 52.0 cm³/mol. The molecule has 88 valence electrons. The third-order valence-electron chi connectivity index (χ3n) is 1.43. The molecule has 0 spiro atoms. The van der Waals surface area contributed by atoms with Crippen LogP contribution < -0.4 is 9.62 Å². The van der Waals surface area contributed by atoms with E-state index in [0.717, 1.165) is 0 Å². The van der Waals surface area contributed by atoms with Crippen LogP contribution in [0.15, 0.2) is 30.3 Å². The minimum atomic E-state index is -4.89. The molecule has 0 aliphatic heterocycles. The van der Waals surface area contributed by atoms with Crippen LogP contribution in [0, 0.1) is 0 Å². The molecule has 16 heavy (non-hydrogen) atoms. The molecular weight excluding hydrogens is 281 g/mol. The molecule has 0 heterocycles. The molecule has 1 aromatic rings. The fourth-order valence-corrected chi connectivity index (χ4v) is 2.53. The van der Waals surface area contributed by atoms with Gasteiger partial charge in [0.15, 0.2) is 0 Å². The van der Waals surface area contributed by atoms with Crippen molar-refractivity contribution < 1.29 is 24.9 Å². The van der Waals surface area contributed by atoms with Crippen LogP contribution in [0.4, 0.5) is 0 Å². The molecule has 0 bridgehead atoms. The average Bonchev–Trinajstić information content (AvgIpc) is 2.30. The van der Waals surface area contributed by atoms with E-state index in [-0.39, 0.29) is 5.75 Å². The second kappa shape index (κ2) is 5.71. The number of rotatable bonds is 5. The fourth-order valence-electron chi connectivity index (χ4n) is 0.826.